The highest BCUT2D eigenvalue weighted by atomic mass is 35.5. The molecular formula is C4H2Cl2N2O4S. The van der Waals surface area contributed by atoms with Gasteiger partial charge in [-0.2, -0.15) is 0 Å². The Hall–Kier alpha value is -0.530. The summed E-state index contributed by atoms with van der Waals surface area (Å²) in [6.45, 7) is 0. The van der Waals surface area contributed by atoms with Gasteiger partial charge in [0.1, 0.15) is 0 Å². The molecule has 0 fully saturated rings. The average Bonchev–Trinajstić information content (AvgIpc) is 2.30. The first kappa shape index (κ1) is 10.6. The van der Waals surface area contributed by atoms with Gasteiger partial charge in [0.05, 0.1) is 15.6 Å². The van der Waals surface area contributed by atoms with E-state index in [-0.39, 0.29) is 5.75 Å². The Morgan fingerprint density at radius 2 is 2.00 bits per heavy atom. The molecule has 0 saturated carbocycles. The molecule has 1 atom stereocenters. The molecule has 1 unspecified atom stereocenters. The van der Waals surface area contributed by atoms with Crippen LogP contribution in [0.5, 0.6) is 0 Å². The zero-order valence-electron chi connectivity index (χ0n) is 5.90. The molecule has 72 valence electrons. The van der Waals surface area contributed by atoms with Gasteiger partial charge in [-0.3, -0.25) is 20.2 Å². The number of hydrogen-bond acceptors (Lipinski definition) is 5. The van der Waals surface area contributed by atoms with Crippen LogP contribution in [0.1, 0.15) is 0 Å². The lowest BCUT2D eigenvalue weighted by atomic mass is 10.4. The third-order valence-corrected chi connectivity index (χ3v) is 3.89. The van der Waals surface area contributed by atoms with Crippen molar-refractivity contribution >= 4 is 35.0 Å². The Morgan fingerprint density at radius 1 is 1.46 bits per heavy atom. The van der Waals surface area contributed by atoms with Crippen LogP contribution in [0.25, 0.3) is 0 Å². The maximum absolute atomic E-state index is 10.4. The van der Waals surface area contributed by atoms with Crippen molar-refractivity contribution in [1.29, 1.82) is 0 Å². The van der Waals surface area contributed by atoms with Crippen molar-refractivity contribution in [1.82, 2.24) is 0 Å². The van der Waals surface area contributed by atoms with Crippen molar-refractivity contribution in [3.8, 4) is 0 Å². The van der Waals surface area contributed by atoms with Crippen molar-refractivity contribution < 1.29 is 9.85 Å². The molecule has 0 N–H and O–H groups in total. The van der Waals surface area contributed by atoms with E-state index in [9.17, 15) is 20.2 Å². The number of alkyl halides is 1. The van der Waals surface area contributed by atoms with Gasteiger partial charge in [-0.15, -0.1) is 0 Å². The van der Waals surface area contributed by atoms with E-state index < -0.39 is 24.9 Å². The molecule has 1 aliphatic rings. The second-order valence-electron chi connectivity index (χ2n) is 2.12. The molecule has 1 rings (SSSR count). The van der Waals surface area contributed by atoms with Crippen LogP contribution in [0.3, 0.4) is 0 Å². The molecule has 0 aromatic heterocycles. The van der Waals surface area contributed by atoms with Crippen molar-refractivity contribution in [3.63, 3.8) is 0 Å². The van der Waals surface area contributed by atoms with Gasteiger partial charge in [0.2, 0.25) is 0 Å². The lowest BCUT2D eigenvalue weighted by Gasteiger charge is -2.08. The normalized spacial score (nSPS) is 27.8. The summed E-state index contributed by atoms with van der Waals surface area (Å²) in [6, 6.07) is 0. The van der Waals surface area contributed by atoms with Gasteiger partial charge in [-0.1, -0.05) is 11.6 Å². The molecule has 1 heterocycles. The summed E-state index contributed by atoms with van der Waals surface area (Å²) >= 11 is 11.5. The van der Waals surface area contributed by atoms with E-state index in [0.29, 0.717) is 11.8 Å². The second kappa shape index (κ2) is 3.32. The molecule has 0 spiro atoms. The first-order valence-electron chi connectivity index (χ1n) is 2.90. The minimum atomic E-state index is -2.08. The largest absolute Gasteiger partial charge is 0.384 e. The molecule has 0 radical (unpaired) electrons. The van der Waals surface area contributed by atoms with Crippen LogP contribution in [0.15, 0.2) is 10.7 Å². The van der Waals surface area contributed by atoms with Gasteiger partial charge in [0, 0.05) is 0 Å². The fourth-order valence-electron chi connectivity index (χ4n) is 0.734. The van der Waals surface area contributed by atoms with Crippen LogP contribution in [0, 0.1) is 20.2 Å². The fourth-order valence-corrected chi connectivity index (χ4v) is 2.38. The minimum absolute atomic E-state index is 0.156. The molecule has 0 aromatic carbocycles. The molecule has 9 heteroatoms. The number of nitro groups is 2. The molecule has 0 aromatic rings. The fraction of sp³-hybridized carbons (Fsp3) is 0.500. The third-order valence-electron chi connectivity index (χ3n) is 1.38. The van der Waals surface area contributed by atoms with E-state index in [2.05, 4.69) is 0 Å². The molecule has 0 saturated heterocycles. The first-order chi connectivity index (χ1) is 5.89. The van der Waals surface area contributed by atoms with Gasteiger partial charge in [0.15, 0.2) is 5.03 Å². The molecule has 0 bridgehead atoms. The maximum Gasteiger partial charge on any atom is 0.384 e. The summed E-state index contributed by atoms with van der Waals surface area (Å²) in [5, 5.41) is 20.2. The number of halogens is 2. The van der Waals surface area contributed by atoms with Gasteiger partial charge >= 0.3 is 4.33 Å². The Bertz CT molecular complexity index is 319. The monoisotopic (exact) mass is 244 g/mol. The molecule has 6 nitrogen and oxygen atoms in total. The highest BCUT2D eigenvalue weighted by Gasteiger charge is 2.55. The van der Waals surface area contributed by atoms with E-state index in [4.69, 9.17) is 23.2 Å². The van der Waals surface area contributed by atoms with Crippen molar-refractivity contribution in [2.45, 2.75) is 4.33 Å². The highest BCUT2D eigenvalue weighted by molar-refractivity contribution is 8.02. The Morgan fingerprint density at radius 3 is 2.23 bits per heavy atom. The Balaban J connectivity index is 3.11. The number of nitrogens with zero attached hydrogens (tertiary/aromatic N) is 2. The quantitative estimate of drug-likeness (QED) is 0.319. The summed E-state index contributed by atoms with van der Waals surface area (Å²) in [4.78, 5) is 19.1. The standard InChI is InChI=1S/C4H2Cl2N2O4S/c5-3-2(7(9)10)1-13-4(3,6)8(11)12/h1H2. The number of rotatable bonds is 2. The summed E-state index contributed by atoms with van der Waals surface area (Å²) in [5.41, 5.74) is -0.404. The van der Waals surface area contributed by atoms with Crippen molar-refractivity contribution in [2.24, 2.45) is 0 Å². The Kier molecular flexibility index (Phi) is 2.69. The summed E-state index contributed by atoms with van der Waals surface area (Å²) in [6.07, 6.45) is 0. The van der Waals surface area contributed by atoms with E-state index in [0.717, 1.165) is 0 Å². The van der Waals surface area contributed by atoms with Crippen LogP contribution >= 0.6 is 35.0 Å². The van der Waals surface area contributed by atoms with E-state index in [1.807, 2.05) is 0 Å². The second-order valence-corrected chi connectivity index (χ2v) is 4.44. The molecule has 0 amide bonds. The average molecular weight is 245 g/mol. The van der Waals surface area contributed by atoms with Gasteiger partial charge in [-0.05, 0) is 23.4 Å². The first-order valence-corrected chi connectivity index (χ1v) is 4.64. The maximum atomic E-state index is 10.4. The highest BCUT2D eigenvalue weighted by Crippen LogP contribution is 2.48. The van der Waals surface area contributed by atoms with Gasteiger partial charge in [-0.25, -0.2) is 0 Å². The van der Waals surface area contributed by atoms with E-state index >= 15 is 0 Å². The van der Waals surface area contributed by atoms with Crippen molar-refractivity contribution in [2.75, 3.05) is 5.75 Å². The predicted molar refractivity (Wildman–Crippen MR) is 47.9 cm³/mol. The molecular weight excluding hydrogens is 243 g/mol. The number of thioether (sulfide) groups is 1. The van der Waals surface area contributed by atoms with E-state index in [1.165, 1.54) is 0 Å². The zero-order chi connectivity index (χ0) is 10.2. The van der Waals surface area contributed by atoms with Crippen LogP contribution in [-0.4, -0.2) is 19.9 Å². The van der Waals surface area contributed by atoms with E-state index in [1.54, 1.807) is 0 Å². The lowest BCUT2D eigenvalue weighted by Crippen LogP contribution is -2.26. The molecule has 0 aliphatic carbocycles. The zero-order valence-corrected chi connectivity index (χ0v) is 8.23. The smallest absolute Gasteiger partial charge is 0.261 e. The predicted octanol–water partition coefficient (Wildman–Crippen LogP) is 1.63. The van der Waals surface area contributed by atoms with Crippen LogP contribution in [-0.2, 0) is 0 Å². The van der Waals surface area contributed by atoms with Crippen LogP contribution < -0.4 is 0 Å². The number of hydrogen-bond donors (Lipinski definition) is 0. The van der Waals surface area contributed by atoms with Crippen molar-refractivity contribution in [3.05, 3.63) is 31.0 Å². The van der Waals surface area contributed by atoms with Gasteiger partial charge < -0.3 is 0 Å². The van der Waals surface area contributed by atoms with Gasteiger partial charge in [0.25, 0.3) is 5.70 Å². The Labute approximate surface area is 86.2 Å². The van der Waals surface area contributed by atoms with Crippen LogP contribution in [0.2, 0.25) is 0 Å². The third kappa shape index (κ3) is 1.59. The summed E-state index contributed by atoms with van der Waals surface area (Å²) in [5.74, 6) is -0.156. The SMILES string of the molecule is O=[N+]([O-])C1=C(Cl)C(Cl)([N+](=O)[O-])SC1. The topological polar surface area (TPSA) is 86.3 Å². The van der Waals surface area contributed by atoms with Crippen LogP contribution in [0.4, 0.5) is 0 Å². The molecule has 1 aliphatic heterocycles. The minimum Gasteiger partial charge on any atom is -0.261 e. The summed E-state index contributed by atoms with van der Waals surface area (Å²) in [7, 11) is 0. The molecule has 13 heavy (non-hydrogen) atoms. The summed E-state index contributed by atoms with van der Waals surface area (Å²) < 4.78 is -2.08. The lowest BCUT2D eigenvalue weighted by molar-refractivity contribution is -0.502.